The van der Waals surface area contributed by atoms with E-state index in [1.165, 1.54) is 43.0 Å². The Hall–Kier alpha value is -1.39. The van der Waals surface area contributed by atoms with E-state index in [1.807, 2.05) is 0 Å². The van der Waals surface area contributed by atoms with Gasteiger partial charge in [-0.3, -0.25) is 4.68 Å². The second-order valence-electron chi connectivity index (χ2n) is 7.04. The molecule has 1 fully saturated rings. The molecule has 0 spiro atoms. The number of nitrogens with zero attached hydrogens (tertiary/aromatic N) is 2. The summed E-state index contributed by atoms with van der Waals surface area (Å²) in [5.74, 6) is 0.556. The van der Waals surface area contributed by atoms with Crippen molar-refractivity contribution in [2.75, 3.05) is 6.61 Å². The molecule has 0 radical (unpaired) electrons. The molecule has 0 aliphatic heterocycles. The third-order valence-electron chi connectivity index (χ3n) is 5.53. The molecule has 1 aromatic carbocycles. The first-order valence-corrected chi connectivity index (χ1v) is 8.98. The number of hydrogen-bond donors (Lipinski definition) is 2. The molecule has 1 aromatic heterocycles. The Labute approximate surface area is 138 Å². The lowest BCUT2D eigenvalue weighted by Gasteiger charge is -2.39. The minimum Gasteiger partial charge on any atom is -0.394 e. The Morgan fingerprint density at radius 3 is 2.70 bits per heavy atom. The number of rotatable bonds is 6. The summed E-state index contributed by atoms with van der Waals surface area (Å²) in [6.07, 6.45) is 6.34. The highest BCUT2D eigenvalue weighted by atomic mass is 16.3. The molecule has 1 aliphatic rings. The minimum absolute atomic E-state index is 0.185. The average molecular weight is 315 g/mol. The highest BCUT2D eigenvalue weighted by Gasteiger charge is 2.34. The number of nitrogens with one attached hydrogen (secondary N) is 1. The van der Waals surface area contributed by atoms with Crippen molar-refractivity contribution in [1.82, 2.24) is 15.1 Å². The lowest BCUT2D eigenvalue weighted by molar-refractivity contribution is 0.0934. The van der Waals surface area contributed by atoms with Gasteiger partial charge >= 0.3 is 0 Å². The summed E-state index contributed by atoms with van der Waals surface area (Å²) in [5.41, 5.74) is 2.06. The van der Waals surface area contributed by atoms with Crippen molar-refractivity contribution in [3.8, 4) is 0 Å². The van der Waals surface area contributed by atoms with Gasteiger partial charge < -0.3 is 10.4 Å². The Kier molecular flexibility index (Phi) is 5.02. The van der Waals surface area contributed by atoms with Crippen LogP contribution in [0.3, 0.4) is 0 Å². The molecule has 4 nitrogen and oxygen atoms in total. The fourth-order valence-corrected chi connectivity index (χ4v) is 3.92. The fraction of sp³-hybridized carbons (Fsp3) is 0.632. The standard InChI is InChI=1S/C19H29N3O/c1-3-22-18-12-8-7-11-16(18)17(21-22)13-20-19(2,14-23)15-9-5-4-6-10-15/h7-8,11-12,15,20,23H,3-6,9-10,13-14H2,1-2H3. The molecule has 0 amide bonds. The van der Waals surface area contributed by atoms with E-state index in [9.17, 15) is 5.11 Å². The molecule has 1 saturated carbocycles. The van der Waals surface area contributed by atoms with E-state index in [-0.39, 0.29) is 12.1 Å². The van der Waals surface area contributed by atoms with Crippen molar-refractivity contribution in [2.24, 2.45) is 5.92 Å². The van der Waals surface area contributed by atoms with Gasteiger partial charge in [0.05, 0.1) is 17.8 Å². The molecule has 1 atom stereocenters. The first-order valence-electron chi connectivity index (χ1n) is 8.98. The number of hydrogen-bond acceptors (Lipinski definition) is 3. The maximum Gasteiger partial charge on any atom is 0.0841 e. The number of aryl methyl sites for hydroxylation is 1. The summed E-state index contributed by atoms with van der Waals surface area (Å²) in [7, 11) is 0. The lowest BCUT2D eigenvalue weighted by Crippen LogP contribution is -2.52. The van der Waals surface area contributed by atoms with Crippen LogP contribution in [0.25, 0.3) is 10.9 Å². The second-order valence-corrected chi connectivity index (χ2v) is 7.04. The zero-order chi connectivity index (χ0) is 16.3. The van der Waals surface area contributed by atoms with E-state index in [4.69, 9.17) is 5.10 Å². The first-order chi connectivity index (χ1) is 11.2. The zero-order valence-electron chi connectivity index (χ0n) is 14.4. The van der Waals surface area contributed by atoms with Gasteiger partial charge in [-0.05, 0) is 38.7 Å². The van der Waals surface area contributed by atoms with Crippen LogP contribution in [0.2, 0.25) is 0 Å². The number of para-hydroxylation sites is 1. The van der Waals surface area contributed by atoms with Crippen LogP contribution in [-0.4, -0.2) is 27.0 Å². The number of aliphatic hydroxyl groups is 1. The van der Waals surface area contributed by atoms with Crippen molar-refractivity contribution < 1.29 is 5.11 Å². The quantitative estimate of drug-likeness (QED) is 0.858. The van der Waals surface area contributed by atoms with Crippen LogP contribution < -0.4 is 5.32 Å². The predicted octanol–water partition coefficient (Wildman–Crippen LogP) is 3.48. The van der Waals surface area contributed by atoms with Crippen molar-refractivity contribution in [2.45, 2.75) is 64.6 Å². The molecule has 23 heavy (non-hydrogen) atoms. The molecule has 1 heterocycles. The topological polar surface area (TPSA) is 50.1 Å². The van der Waals surface area contributed by atoms with Crippen LogP contribution in [0.5, 0.6) is 0 Å². The summed E-state index contributed by atoms with van der Waals surface area (Å²) in [4.78, 5) is 0. The van der Waals surface area contributed by atoms with Gasteiger partial charge in [0.2, 0.25) is 0 Å². The minimum atomic E-state index is -0.211. The third-order valence-corrected chi connectivity index (χ3v) is 5.53. The van der Waals surface area contributed by atoms with E-state index in [0.717, 1.165) is 12.2 Å². The molecule has 1 aliphatic carbocycles. The number of aromatic nitrogens is 2. The molecular formula is C19H29N3O. The zero-order valence-corrected chi connectivity index (χ0v) is 14.4. The number of benzene rings is 1. The van der Waals surface area contributed by atoms with E-state index in [1.54, 1.807) is 0 Å². The Balaban J connectivity index is 1.78. The summed E-state index contributed by atoms with van der Waals surface area (Å²) in [6.45, 7) is 6.06. The van der Waals surface area contributed by atoms with Gasteiger partial charge in [-0.1, -0.05) is 37.5 Å². The first kappa shape index (κ1) is 16.5. The molecule has 2 N–H and O–H groups in total. The highest BCUT2D eigenvalue weighted by molar-refractivity contribution is 5.81. The maximum absolute atomic E-state index is 9.99. The van der Waals surface area contributed by atoms with E-state index in [0.29, 0.717) is 12.5 Å². The van der Waals surface area contributed by atoms with Crippen molar-refractivity contribution in [3.63, 3.8) is 0 Å². The van der Waals surface area contributed by atoms with Gasteiger partial charge in [0.25, 0.3) is 0 Å². The normalized spacial score (nSPS) is 19.1. The molecule has 3 rings (SSSR count). The second kappa shape index (κ2) is 7.02. The van der Waals surface area contributed by atoms with Crippen LogP contribution in [-0.2, 0) is 13.1 Å². The highest BCUT2D eigenvalue weighted by Crippen LogP contribution is 2.33. The maximum atomic E-state index is 9.99. The van der Waals surface area contributed by atoms with Gasteiger partial charge in [0.1, 0.15) is 0 Å². The van der Waals surface area contributed by atoms with Crippen molar-refractivity contribution in [1.29, 1.82) is 0 Å². The Morgan fingerprint density at radius 2 is 2.00 bits per heavy atom. The SMILES string of the molecule is CCn1nc(CNC(C)(CO)C2CCCCC2)c2ccccc21. The summed E-state index contributed by atoms with van der Waals surface area (Å²) < 4.78 is 2.06. The van der Waals surface area contributed by atoms with E-state index >= 15 is 0 Å². The van der Waals surface area contributed by atoms with Gasteiger partial charge in [-0.15, -0.1) is 0 Å². The summed E-state index contributed by atoms with van der Waals surface area (Å²) >= 11 is 0. The molecular weight excluding hydrogens is 286 g/mol. The molecule has 2 aromatic rings. The molecule has 0 bridgehead atoms. The van der Waals surface area contributed by atoms with Crippen LogP contribution in [0.1, 0.15) is 51.6 Å². The Morgan fingerprint density at radius 1 is 1.26 bits per heavy atom. The largest absolute Gasteiger partial charge is 0.394 e. The summed E-state index contributed by atoms with van der Waals surface area (Å²) in [5, 5.41) is 19.6. The average Bonchev–Trinajstić information content (AvgIpc) is 2.98. The third kappa shape index (κ3) is 3.29. The van der Waals surface area contributed by atoms with Crippen LogP contribution >= 0.6 is 0 Å². The van der Waals surface area contributed by atoms with E-state index < -0.39 is 0 Å². The lowest BCUT2D eigenvalue weighted by atomic mass is 9.76. The van der Waals surface area contributed by atoms with Crippen molar-refractivity contribution >= 4 is 10.9 Å². The van der Waals surface area contributed by atoms with Gasteiger partial charge in [0.15, 0.2) is 0 Å². The van der Waals surface area contributed by atoms with Crippen LogP contribution in [0.15, 0.2) is 24.3 Å². The van der Waals surface area contributed by atoms with Gasteiger partial charge in [0, 0.05) is 24.0 Å². The van der Waals surface area contributed by atoms with Crippen molar-refractivity contribution in [3.05, 3.63) is 30.0 Å². The van der Waals surface area contributed by atoms with E-state index in [2.05, 4.69) is 48.1 Å². The monoisotopic (exact) mass is 315 g/mol. The smallest absolute Gasteiger partial charge is 0.0841 e. The summed E-state index contributed by atoms with van der Waals surface area (Å²) in [6, 6.07) is 8.40. The molecule has 126 valence electrons. The number of fused-ring (bicyclic) bond motifs is 1. The van der Waals surface area contributed by atoms with Gasteiger partial charge in [-0.2, -0.15) is 5.10 Å². The van der Waals surface area contributed by atoms with Gasteiger partial charge in [-0.25, -0.2) is 0 Å². The van der Waals surface area contributed by atoms with Crippen LogP contribution in [0, 0.1) is 5.92 Å². The molecule has 1 unspecified atom stereocenters. The molecule has 0 saturated heterocycles. The Bertz CT molecular complexity index is 645. The van der Waals surface area contributed by atoms with Crippen LogP contribution in [0.4, 0.5) is 0 Å². The molecule has 4 heteroatoms. The number of aliphatic hydroxyl groups excluding tert-OH is 1. The predicted molar refractivity (Wildman–Crippen MR) is 94.3 cm³/mol. The fourth-order valence-electron chi connectivity index (χ4n) is 3.92.